The van der Waals surface area contributed by atoms with Gasteiger partial charge in [-0.2, -0.15) is 0 Å². The standard InChI is InChI=1S/C9H11ClO3/c1-6(9(11)12)2-7(4-10)3-8-5-13-8/h2,4,8H,3,5H2,1H3,(H,11,12). The molecular weight excluding hydrogens is 192 g/mol. The normalized spacial score (nSPS) is 23.1. The average Bonchev–Trinajstić information content (AvgIpc) is 2.86. The average molecular weight is 203 g/mol. The number of carboxylic acids is 1. The molecule has 1 unspecified atom stereocenters. The van der Waals surface area contributed by atoms with E-state index in [4.69, 9.17) is 21.4 Å². The van der Waals surface area contributed by atoms with Gasteiger partial charge in [-0.1, -0.05) is 11.6 Å². The SMILES string of the molecule is CC(=CC(=CCl)CC1CO1)C(=O)O. The van der Waals surface area contributed by atoms with E-state index in [-0.39, 0.29) is 11.7 Å². The molecule has 72 valence electrons. The van der Waals surface area contributed by atoms with Crippen molar-refractivity contribution in [2.24, 2.45) is 0 Å². The van der Waals surface area contributed by atoms with E-state index in [0.29, 0.717) is 6.42 Å². The van der Waals surface area contributed by atoms with Crippen molar-refractivity contribution in [1.82, 2.24) is 0 Å². The molecule has 0 aromatic heterocycles. The van der Waals surface area contributed by atoms with Crippen molar-refractivity contribution < 1.29 is 14.6 Å². The summed E-state index contributed by atoms with van der Waals surface area (Å²) in [5.74, 6) is -0.923. The van der Waals surface area contributed by atoms with Gasteiger partial charge in [0.25, 0.3) is 0 Å². The zero-order valence-electron chi connectivity index (χ0n) is 7.29. The minimum absolute atomic E-state index is 0.225. The lowest BCUT2D eigenvalue weighted by Gasteiger charge is -1.98. The van der Waals surface area contributed by atoms with Crippen molar-refractivity contribution in [3.63, 3.8) is 0 Å². The summed E-state index contributed by atoms with van der Waals surface area (Å²) in [6.07, 6.45) is 2.48. The van der Waals surface area contributed by atoms with Crippen LogP contribution in [-0.4, -0.2) is 23.8 Å². The molecule has 1 N–H and O–H groups in total. The lowest BCUT2D eigenvalue weighted by molar-refractivity contribution is -0.132. The van der Waals surface area contributed by atoms with Crippen LogP contribution in [0.5, 0.6) is 0 Å². The first-order valence-corrected chi connectivity index (χ1v) is 4.39. The largest absolute Gasteiger partial charge is 0.478 e. The zero-order chi connectivity index (χ0) is 9.84. The van der Waals surface area contributed by atoms with Gasteiger partial charge >= 0.3 is 5.97 Å². The molecule has 0 aromatic carbocycles. The highest BCUT2D eigenvalue weighted by Crippen LogP contribution is 2.21. The molecule has 4 heteroatoms. The van der Waals surface area contributed by atoms with E-state index in [2.05, 4.69) is 0 Å². The summed E-state index contributed by atoms with van der Waals surface area (Å²) in [6.45, 7) is 2.28. The second-order valence-electron chi connectivity index (χ2n) is 2.98. The topological polar surface area (TPSA) is 49.8 Å². The number of carboxylic acid groups (broad SMARTS) is 1. The molecule has 1 rings (SSSR count). The molecule has 3 nitrogen and oxygen atoms in total. The Kier molecular flexibility index (Phi) is 3.51. The lowest BCUT2D eigenvalue weighted by Crippen LogP contribution is -1.97. The molecule has 0 radical (unpaired) electrons. The zero-order valence-corrected chi connectivity index (χ0v) is 8.04. The first kappa shape index (κ1) is 10.3. The third-order valence-electron chi connectivity index (χ3n) is 1.75. The molecule has 0 aliphatic carbocycles. The Morgan fingerprint density at radius 3 is 2.77 bits per heavy atom. The van der Waals surface area contributed by atoms with Gasteiger partial charge in [0.2, 0.25) is 0 Å². The van der Waals surface area contributed by atoms with Gasteiger partial charge < -0.3 is 9.84 Å². The molecule has 0 saturated carbocycles. The van der Waals surface area contributed by atoms with E-state index in [0.717, 1.165) is 12.2 Å². The fourth-order valence-electron chi connectivity index (χ4n) is 0.924. The maximum Gasteiger partial charge on any atom is 0.331 e. The van der Waals surface area contributed by atoms with Crippen molar-refractivity contribution in [3.05, 3.63) is 22.8 Å². The predicted octanol–water partition coefficient (Wildman–Crippen LogP) is 1.93. The highest BCUT2D eigenvalue weighted by molar-refractivity contribution is 6.25. The maximum atomic E-state index is 10.5. The van der Waals surface area contributed by atoms with Gasteiger partial charge in [-0.3, -0.25) is 0 Å². The summed E-state index contributed by atoms with van der Waals surface area (Å²) in [5, 5.41) is 8.61. The minimum atomic E-state index is -0.923. The Hall–Kier alpha value is -0.800. The van der Waals surface area contributed by atoms with Crippen LogP contribution in [0.2, 0.25) is 0 Å². The molecule has 0 spiro atoms. The predicted molar refractivity (Wildman–Crippen MR) is 49.7 cm³/mol. The summed E-state index contributed by atoms with van der Waals surface area (Å²) in [7, 11) is 0. The summed E-state index contributed by atoms with van der Waals surface area (Å²) in [5.41, 5.74) is 2.48. The number of halogens is 1. The molecule has 1 fully saturated rings. The van der Waals surface area contributed by atoms with Crippen molar-refractivity contribution in [2.75, 3.05) is 6.61 Å². The van der Waals surface area contributed by atoms with Crippen molar-refractivity contribution in [1.29, 1.82) is 0 Å². The number of hydrogen-bond donors (Lipinski definition) is 1. The van der Waals surface area contributed by atoms with Gasteiger partial charge in [-0.15, -0.1) is 0 Å². The van der Waals surface area contributed by atoms with Crippen LogP contribution in [0.3, 0.4) is 0 Å². The number of rotatable bonds is 4. The van der Waals surface area contributed by atoms with E-state index >= 15 is 0 Å². The van der Waals surface area contributed by atoms with Crippen molar-refractivity contribution in [2.45, 2.75) is 19.4 Å². The number of allylic oxidation sites excluding steroid dienone is 1. The third kappa shape index (κ3) is 3.61. The van der Waals surface area contributed by atoms with E-state index in [1.807, 2.05) is 0 Å². The molecule has 0 amide bonds. The van der Waals surface area contributed by atoms with Gasteiger partial charge in [0.05, 0.1) is 12.7 Å². The molecule has 1 atom stereocenters. The van der Waals surface area contributed by atoms with Crippen LogP contribution in [0.1, 0.15) is 13.3 Å². The molecule has 0 aromatic rings. The van der Waals surface area contributed by atoms with Crippen LogP contribution in [0.4, 0.5) is 0 Å². The van der Waals surface area contributed by atoms with Gasteiger partial charge in [0.15, 0.2) is 0 Å². The Bertz CT molecular complexity index is 264. The summed E-state index contributed by atoms with van der Waals surface area (Å²) < 4.78 is 5.01. The molecule has 1 saturated heterocycles. The van der Waals surface area contributed by atoms with Crippen LogP contribution in [0, 0.1) is 0 Å². The first-order valence-electron chi connectivity index (χ1n) is 3.96. The highest BCUT2D eigenvalue weighted by atomic mass is 35.5. The molecule has 1 heterocycles. The minimum Gasteiger partial charge on any atom is -0.478 e. The first-order chi connectivity index (χ1) is 6.13. The van der Waals surface area contributed by atoms with E-state index < -0.39 is 5.97 Å². The smallest absolute Gasteiger partial charge is 0.331 e. The Labute approximate surface area is 81.6 Å². The number of aliphatic carboxylic acids is 1. The molecule has 13 heavy (non-hydrogen) atoms. The number of hydrogen-bond acceptors (Lipinski definition) is 2. The summed E-state index contributed by atoms with van der Waals surface area (Å²) >= 11 is 5.53. The number of carbonyl (C=O) groups is 1. The van der Waals surface area contributed by atoms with Gasteiger partial charge in [-0.05, 0) is 18.6 Å². The number of ether oxygens (including phenoxy) is 1. The van der Waals surface area contributed by atoms with Gasteiger partial charge in [0, 0.05) is 17.5 Å². The maximum absolute atomic E-state index is 10.5. The van der Waals surface area contributed by atoms with Gasteiger partial charge in [-0.25, -0.2) is 4.79 Å². The molecular formula is C9H11ClO3. The van der Waals surface area contributed by atoms with Crippen LogP contribution >= 0.6 is 11.6 Å². The van der Waals surface area contributed by atoms with E-state index in [1.54, 1.807) is 6.08 Å². The monoisotopic (exact) mass is 202 g/mol. The van der Waals surface area contributed by atoms with Crippen molar-refractivity contribution in [3.8, 4) is 0 Å². The Morgan fingerprint density at radius 1 is 1.77 bits per heavy atom. The third-order valence-corrected chi connectivity index (χ3v) is 2.03. The second-order valence-corrected chi connectivity index (χ2v) is 3.19. The van der Waals surface area contributed by atoms with Crippen LogP contribution < -0.4 is 0 Å². The van der Waals surface area contributed by atoms with E-state index in [1.165, 1.54) is 12.5 Å². The quantitative estimate of drug-likeness (QED) is 0.431. The number of epoxide rings is 1. The van der Waals surface area contributed by atoms with Crippen LogP contribution in [-0.2, 0) is 9.53 Å². The summed E-state index contributed by atoms with van der Waals surface area (Å²) in [6, 6.07) is 0. The fourth-order valence-corrected chi connectivity index (χ4v) is 1.08. The Morgan fingerprint density at radius 2 is 2.38 bits per heavy atom. The fraction of sp³-hybridized carbons (Fsp3) is 0.444. The summed E-state index contributed by atoms with van der Waals surface area (Å²) in [4.78, 5) is 10.5. The Balaban J connectivity index is 2.56. The van der Waals surface area contributed by atoms with Crippen molar-refractivity contribution >= 4 is 17.6 Å². The van der Waals surface area contributed by atoms with E-state index in [9.17, 15) is 4.79 Å². The highest BCUT2D eigenvalue weighted by Gasteiger charge is 2.23. The lowest BCUT2D eigenvalue weighted by atomic mass is 10.1. The van der Waals surface area contributed by atoms with Crippen LogP contribution in [0.25, 0.3) is 0 Å². The molecule has 0 bridgehead atoms. The molecule has 1 aliphatic rings. The van der Waals surface area contributed by atoms with Crippen LogP contribution in [0.15, 0.2) is 22.8 Å². The molecule has 1 aliphatic heterocycles. The van der Waals surface area contributed by atoms with Gasteiger partial charge in [0.1, 0.15) is 0 Å². The second kappa shape index (κ2) is 4.44.